The minimum atomic E-state index is -3.03. The van der Waals surface area contributed by atoms with Gasteiger partial charge in [-0.1, -0.05) is 17.7 Å². The number of anilines is 2. The number of benzene rings is 1. The van der Waals surface area contributed by atoms with Gasteiger partial charge in [0.05, 0.1) is 64.3 Å². The highest BCUT2D eigenvalue weighted by atomic mass is 35.5. The molecule has 0 spiro atoms. The van der Waals surface area contributed by atoms with Gasteiger partial charge in [0.1, 0.15) is 5.54 Å². The fourth-order valence-electron chi connectivity index (χ4n) is 6.08. The molecule has 3 aliphatic rings. The number of hydrogen-bond donors (Lipinski definition) is 1. The summed E-state index contributed by atoms with van der Waals surface area (Å²) in [7, 11) is 0. The molecule has 1 N–H and O–H groups in total. The van der Waals surface area contributed by atoms with Crippen LogP contribution >= 0.6 is 11.6 Å². The maximum atomic E-state index is 15.1. The van der Waals surface area contributed by atoms with E-state index in [1.165, 1.54) is 6.20 Å². The third-order valence-electron chi connectivity index (χ3n) is 8.90. The van der Waals surface area contributed by atoms with Crippen LogP contribution in [0.3, 0.4) is 0 Å². The highest BCUT2D eigenvalue weighted by Gasteiger charge is 2.54. The average Bonchev–Trinajstić information content (AvgIpc) is 3.94. The number of nitrogens with zero attached hydrogens (tertiary/aromatic N) is 7. The van der Waals surface area contributed by atoms with Crippen molar-refractivity contribution in [2.45, 2.75) is 71.1 Å². The van der Waals surface area contributed by atoms with Gasteiger partial charge in [0.2, 0.25) is 5.91 Å². The van der Waals surface area contributed by atoms with Crippen LogP contribution in [-0.2, 0) is 21.7 Å². The molecule has 250 valence electrons. The third-order valence-corrected chi connectivity index (χ3v) is 9.19. The Bertz CT molecular complexity index is 1960. The van der Waals surface area contributed by atoms with Gasteiger partial charge in [0.25, 0.3) is 12.3 Å². The zero-order chi connectivity index (χ0) is 34.1. The number of rotatable bonds is 9. The molecule has 0 unspecified atom stereocenters. The van der Waals surface area contributed by atoms with Gasteiger partial charge < -0.3 is 10.1 Å². The molecule has 2 aliphatic carbocycles. The molecule has 11 nitrogen and oxygen atoms in total. The number of alkyl halides is 2. The maximum absolute atomic E-state index is 15.1. The quantitative estimate of drug-likeness (QED) is 0.220. The maximum Gasteiger partial charge on any atom is 0.276 e. The Balaban J connectivity index is 1.16. The molecule has 0 radical (unpaired) electrons. The Hall–Kier alpha value is -4.43. The lowest BCUT2D eigenvalue weighted by Gasteiger charge is -2.21. The van der Waals surface area contributed by atoms with Crippen LogP contribution in [0.4, 0.5) is 24.7 Å². The second kappa shape index (κ2) is 11.6. The highest BCUT2D eigenvalue weighted by molar-refractivity contribution is 6.31. The number of amides is 2. The SMILES string of the molecule is Cc1nc(C2(n3cc(NC(=O)c4nc(-c5c(C(F)F)ccc(Cl)c5F)cnc4COC(C)(C)C)cn3)CC2)cnc1N1C[C@H]2C[C@H]2C1=O. The largest absolute Gasteiger partial charge is 0.369 e. The molecule has 2 amide bonds. The first-order valence-corrected chi connectivity index (χ1v) is 15.9. The van der Waals surface area contributed by atoms with Crippen LogP contribution in [-0.4, -0.2) is 53.7 Å². The van der Waals surface area contributed by atoms with E-state index in [1.54, 1.807) is 22.0 Å². The van der Waals surface area contributed by atoms with E-state index in [-0.39, 0.29) is 40.5 Å². The summed E-state index contributed by atoms with van der Waals surface area (Å²) in [6.07, 6.45) is 5.31. The number of nitrogens with one attached hydrogen (secondary N) is 1. The van der Waals surface area contributed by atoms with Gasteiger partial charge in [0, 0.05) is 29.8 Å². The van der Waals surface area contributed by atoms with Gasteiger partial charge in [-0.05, 0) is 58.9 Å². The lowest BCUT2D eigenvalue weighted by Crippen LogP contribution is -2.30. The Kier molecular flexibility index (Phi) is 7.78. The van der Waals surface area contributed by atoms with E-state index in [1.807, 2.05) is 27.7 Å². The molecule has 4 heterocycles. The fraction of sp³-hybridized carbons (Fsp3) is 0.424. The molecule has 1 aromatic carbocycles. The minimum absolute atomic E-state index is 0.106. The van der Waals surface area contributed by atoms with Crippen molar-refractivity contribution in [1.82, 2.24) is 29.7 Å². The van der Waals surface area contributed by atoms with E-state index in [9.17, 15) is 18.4 Å². The Morgan fingerprint density at radius 2 is 1.94 bits per heavy atom. The molecule has 3 aromatic heterocycles. The molecule has 7 rings (SSSR count). The zero-order valence-electron chi connectivity index (χ0n) is 26.6. The summed E-state index contributed by atoms with van der Waals surface area (Å²) < 4.78 is 50.4. The number of carbonyl (C=O) groups is 2. The van der Waals surface area contributed by atoms with E-state index in [4.69, 9.17) is 21.3 Å². The highest BCUT2D eigenvalue weighted by Crippen LogP contribution is 2.50. The summed E-state index contributed by atoms with van der Waals surface area (Å²) in [6.45, 7) is 7.84. The van der Waals surface area contributed by atoms with Crippen LogP contribution < -0.4 is 10.2 Å². The number of ether oxygens (including phenoxy) is 1. The summed E-state index contributed by atoms with van der Waals surface area (Å²) in [6, 6.07) is 2.05. The van der Waals surface area contributed by atoms with Crippen molar-refractivity contribution in [3.05, 3.63) is 76.1 Å². The second-order valence-corrected chi connectivity index (χ2v) is 13.9. The fourth-order valence-corrected chi connectivity index (χ4v) is 6.24. The molecular weight excluding hydrogens is 649 g/mol. The predicted molar refractivity (Wildman–Crippen MR) is 169 cm³/mol. The van der Waals surface area contributed by atoms with Crippen molar-refractivity contribution in [2.24, 2.45) is 11.8 Å². The minimum Gasteiger partial charge on any atom is -0.369 e. The Labute approximate surface area is 278 Å². The van der Waals surface area contributed by atoms with E-state index in [0.717, 1.165) is 37.6 Å². The van der Waals surface area contributed by atoms with Gasteiger partial charge in [-0.2, -0.15) is 5.10 Å². The summed E-state index contributed by atoms with van der Waals surface area (Å²) in [5.74, 6) is -0.616. The van der Waals surface area contributed by atoms with Crippen molar-refractivity contribution < 1.29 is 27.5 Å². The van der Waals surface area contributed by atoms with E-state index in [2.05, 4.69) is 25.4 Å². The Morgan fingerprint density at radius 1 is 1.17 bits per heavy atom. The van der Waals surface area contributed by atoms with Gasteiger partial charge in [-0.3, -0.25) is 29.1 Å². The van der Waals surface area contributed by atoms with Crippen molar-refractivity contribution in [3.8, 4) is 11.3 Å². The van der Waals surface area contributed by atoms with E-state index in [0.29, 0.717) is 35.4 Å². The average molecular weight is 681 g/mol. The molecule has 2 atom stereocenters. The van der Waals surface area contributed by atoms with Crippen molar-refractivity contribution >= 4 is 34.9 Å². The first-order chi connectivity index (χ1) is 22.8. The van der Waals surface area contributed by atoms with Crippen LogP contribution in [0.1, 0.15) is 79.6 Å². The lowest BCUT2D eigenvalue weighted by atomic mass is 10.0. The topological polar surface area (TPSA) is 128 Å². The third kappa shape index (κ3) is 5.80. The molecular formula is C33H32ClF3N8O3. The number of hydrogen-bond acceptors (Lipinski definition) is 8. The molecule has 4 aromatic rings. The molecule has 2 saturated carbocycles. The number of aryl methyl sites for hydroxylation is 1. The molecule has 1 saturated heterocycles. The summed E-state index contributed by atoms with van der Waals surface area (Å²) in [4.78, 5) is 46.0. The van der Waals surface area contributed by atoms with Crippen molar-refractivity contribution in [1.29, 1.82) is 0 Å². The normalized spacial score (nSPS) is 19.5. The van der Waals surface area contributed by atoms with Gasteiger partial charge in [0.15, 0.2) is 17.3 Å². The smallest absolute Gasteiger partial charge is 0.276 e. The van der Waals surface area contributed by atoms with Crippen LogP contribution in [0.15, 0.2) is 36.9 Å². The predicted octanol–water partition coefficient (Wildman–Crippen LogP) is 6.26. The van der Waals surface area contributed by atoms with Crippen molar-refractivity contribution in [3.63, 3.8) is 0 Å². The van der Waals surface area contributed by atoms with E-state index >= 15 is 4.39 Å². The number of fused-ring (bicyclic) bond motifs is 1. The second-order valence-electron chi connectivity index (χ2n) is 13.5. The summed E-state index contributed by atoms with van der Waals surface area (Å²) in [5.41, 5.74) is -1.07. The van der Waals surface area contributed by atoms with Gasteiger partial charge >= 0.3 is 0 Å². The monoisotopic (exact) mass is 680 g/mol. The van der Waals surface area contributed by atoms with Crippen LogP contribution in [0, 0.1) is 24.6 Å². The lowest BCUT2D eigenvalue weighted by molar-refractivity contribution is -0.118. The van der Waals surface area contributed by atoms with Crippen LogP contribution in [0.2, 0.25) is 5.02 Å². The van der Waals surface area contributed by atoms with Gasteiger partial charge in [-0.25, -0.2) is 23.1 Å². The first-order valence-electron chi connectivity index (χ1n) is 15.5. The van der Waals surface area contributed by atoms with Crippen molar-refractivity contribution in [2.75, 3.05) is 16.8 Å². The molecule has 48 heavy (non-hydrogen) atoms. The first kappa shape index (κ1) is 32.1. The van der Waals surface area contributed by atoms with Crippen LogP contribution in [0.5, 0.6) is 0 Å². The number of piperidine rings is 1. The Morgan fingerprint density at radius 3 is 2.58 bits per heavy atom. The zero-order valence-corrected chi connectivity index (χ0v) is 27.4. The van der Waals surface area contributed by atoms with Gasteiger partial charge in [-0.15, -0.1) is 0 Å². The summed E-state index contributed by atoms with van der Waals surface area (Å²) in [5, 5.41) is 6.88. The number of halogens is 4. The van der Waals surface area contributed by atoms with Crippen LogP contribution in [0.25, 0.3) is 11.3 Å². The number of aromatic nitrogens is 6. The van der Waals surface area contributed by atoms with E-state index < -0.39 is 40.4 Å². The number of carbonyl (C=O) groups excluding carboxylic acids is 2. The molecule has 0 bridgehead atoms. The molecule has 3 fully saturated rings. The molecule has 1 aliphatic heterocycles. The standard InChI is InChI=1S/C33H32ClF3N8O3/c1-16-29(44-13-17-9-20(17)31(44)47)39-12-24(41-16)33(7-8-33)45-14-18(10-40-45)42-30(46)27-23(15-48-32(2,3)4)38-11-22(43-27)25-19(28(36)37)5-6-21(34)26(25)35/h5-6,10-12,14,17,20,28H,7-9,13,15H2,1-4H3,(H,42,46)/t17-,20-/m1/s1. The molecule has 15 heteroatoms. The summed E-state index contributed by atoms with van der Waals surface area (Å²) >= 11 is 5.93.